The van der Waals surface area contributed by atoms with Crippen molar-refractivity contribution in [1.29, 1.82) is 0 Å². The Morgan fingerprint density at radius 3 is 2.52 bits per heavy atom. The second-order valence-corrected chi connectivity index (χ2v) is 11.2. The molecule has 0 aliphatic carbocycles. The molecule has 10 heteroatoms. The molecular weight excluding hydrogens is 559 g/mol. The maximum atomic E-state index is 13.7. The van der Waals surface area contributed by atoms with Gasteiger partial charge in [-0.3, -0.25) is 0 Å². The fourth-order valence-corrected chi connectivity index (χ4v) is 5.97. The van der Waals surface area contributed by atoms with Gasteiger partial charge in [-0.05, 0) is 74.2 Å². The first-order chi connectivity index (χ1) is 20.2. The Morgan fingerprint density at radius 1 is 0.976 bits per heavy atom. The zero-order valence-corrected chi connectivity index (χ0v) is 24.3. The number of hydrogen-bond donors (Lipinski definition) is 1. The van der Waals surface area contributed by atoms with Gasteiger partial charge in [0.2, 0.25) is 0 Å². The summed E-state index contributed by atoms with van der Waals surface area (Å²) in [6.45, 7) is 6.33. The van der Waals surface area contributed by atoms with E-state index >= 15 is 0 Å². The molecule has 0 saturated heterocycles. The number of unbranched alkanes of at least 4 members (excludes halogenated alkanes) is 1. The third-order valence-corrected chi connectivity index (χ3v) is 8.43. The topological polar surface area (TPSA) is 60.8 Å². The monoisotopic (exact) mass is 589 g/mol. The normalized spacial score (nSPS) is 12.0. The van der Waals surface area contributed by atoms with Crippen LogP contribution in [0, 0.1) is 13.8 Å². The molecule has 0 aliphatic heterocycles. The van der Waals surface area contributed by atoms with E-state index in [9.17, 15) is 13.2 Å². The van der Waals surface area contributed by atoms with E-state index in [0.29, 0.717) is 29.8 Å². The first kappa shape index (κ1) is 28.0. The number of aryl methyl sites for hydroxylation is 2. The van der Waals surface area contributed by atoms with Gasteiger partial charge in [0.05, 0.1) is 39.2 Å². The molecule has 0 fully saturated rings. The lowest BCUT2D eigenvalue weighted by Crippen LogP contribution is -2.07. The lowest BCUT2D eigenvalue weighted by atomic mass is 10.1. The van der Waals surface area contributed by atoms with Gasteiger partial charge in [0.25, 0.3) is 0 Å². The number of fused-ring (bicyclic) bond motifs is 2. The molecule has 0 atom stereocenters. The van der Waals surface area contributed by atoms with Crippen LogP contribution < -0.4 is 4.72 Å². The van der Waals surface area contributed by atoms with Crippen molar-refractivity contribution in [2.75, 3.05) is 4.72 Å². The molecule has 0 saturated carbocycles. The minimum atomic E-state index is -4.43. The summed E-state index contributed by atoms with van der Waals surface area (Å²) >= 11 is 1.45. The van der Waals surface area contributed by atoms with E-state index in [1.807, 2.05) is 48.7 Å². The van der Waals surface area contributed by atoms with Crippen molar-refractivity contribution in [3.8, 4) is 5.69 Å². The number of alkyl halides is 3. The van der Waals surface area contributed by atoms with Gasteiger partial charge in [-0.15, -0.1) is 0 Å². The minimum Gasteiger partial charge on any atom is -0.359 e. The van der Waals surface area contributed by atoms with Crippen molar-refractivity contribution in [1.82, 2.24) is 19.3 Å². The zero-order valence-electron chi connectivity index (χ0n) is 23.5. The highest BCUT2D eigenvalue weighted by molar-refractivity contribution is 8.00. The van der Waals surface area contributed by atoms with Gasteiger partial charge < -0.3 is 18.4 Å². The van der Waals surface area contributed by atoms with Crippen LogP contribution in [0.15, 0.2) is 82.3 Å². The van der Waals surface area contributed by atoms with Gasteiger partial charge in [0, 0.05) is 23.6 Å². The number of hydrogen-bond acceptors (Lipinski definition) is 5. The molecule has 3 aromatic carbocycles. The van der Waals surface area contributed by atoms with Gasteiger partial charge in [0.1, 0.15) is 11.6 Å². The van der Waals surface area contributed by atoms with E-state index in [2.05, 4.69) is 45.8 Å². The predicted octanol–water partition coefficient (Wildman–Crippen LogP) is 9.11. The van der Waals surface area contributed by atoms with Crippen LogP contribution in [0.1, 0.15) is 48.0 Å². The van der Waals surface area contributed by atoms with Crippen LogP contribution in [-0.2, 0) is 19.1 Å². The molecule has 6 aromatic rings. The smallest absolute Gasteiger partial charge is 0.359 e. The first-order valence-corrected chi connectivity index (χ1v) is 14.7. The summed E-state index contributed by atoms with van der Waals surface area (Å²) in [5.74, 6) is 2.23. The Morgan fingerprint density at radius 2 is 1.76 bits per heavy atom. The quantitative estimate of drug-likeness (QED) is 0.171. The number of aromatic nitrogens is 4. The summed E-state index contributed by atoms with van der Waals surface area (Å²) in [5, 5.41) is 5.14. The summed E-state index contributed by atoms with van der Waals surface area (Å²) in [6.07, 6.45) is 0.211. The Labute approximate surface area is 245 Å². The van der Waals surface area contributed by atoms with Gasteiger partial charge in [-0.1, -0.05) is 48.8 Å². The van der Waals surface area contributed by atoms with Crippen molar-refractivity contribution < 1.29 is 17.7 Å². The number of imidazole rings is 1. The highest BCUT2D eigenvalue weighted by atomic mass is 32.2. The molecule has 0 spiro atoms. The van der Waals surface area contributed by atoms with E-state index in [0.717, 1.165) is 63.1 Å². The van der Waals surface area contributed by atoms with E-state index in [4.69, 9.17) is 9.51 Å². The molecule has 0 amide bonds. The average molecular weight is 590 g/mol. The van der Waals surface area contributed by atoms with Crippen molar-refractivity contribution >= 4 is 39.7 Å². The van der Waals surface area contributed by atoms with Gasteiger partial charge in [-0.2, -0.15) is 13.2 Å². The van der Waals surface area contributed by atoms with E-state index in [1.54, 1.807) is 0 Å². The number of anilines is 1. The Balaban J connectivity index is 1.43. The molecule has 216 valence electrons. The molecular formula is C32H30F3N5OS. The van der Waals surface area contributed by atoms with Gasteiger partial charge in [-0.25, -0.2) is 4.98 Å². The highest BCUT2D eigenvalue weighted by Gasteiger charge is 2.31. The van der Waals surface area contributed by atoms with Gasteiger partial charge >= 0.3 is 6.18 Å². The van der Waals surface area contributed by atoms with Crippen LogP contribution in [0.3, 0.4) is 0 Å². The van der Waals surface area contributed by atoms with Gasteiger partial charge in [0.15, 0.2) is 5.82 Å². The van der Waals surface area contributed by atoms with Crippen molar-refractivity contribution in [2.24, 2.45) is 0 Å². The van der Waals surface area contributed by atoms with Crippen molar-refractivity contribution in [3.05, 3.63) is 101 Å². The standard InChI is InChI=1S/C32H30F3N5OS/c1-4-5-14-30-36-25-16-15-23(32(33,34)35)17-28(25)40(30)19-22-18-39(26-11-7-6-10-24(22)26)27-12-8-9-13-29(27)42-38-31-20(2)21(3)41-37-31/h6-13,15-18H,4-5,14,19H2,1-3H3,(H,37,38). The van der Waals surface area contributed by atoms with Crippen LogP contribution >= 0.6 is 11.9 Å². The number of nitrogens with one attached hydrogen (secondary N) is 1. The first-order valence-electron chi connectivity index (χ1n) is 13.8. The second-order valence-electron chi connectivity index (χ2n) is 10.3. The lowest BCUT2D eigenvalue weighted by Gasteiger charge is -2.12. The summed E-state index contributed by atoms with van der Waals surface area (Å²) in [7, 11) is 0. The summed E-state index contributed by atoms with van der Waals surface area (Å²) in [6, 6.07) is 20.0. The fraction of sp³-hybridized carbons (Fsp3) is 0.250. The maximum Gasteiger partial charge on any atom is 0.416 e. The van der Waals surface area contributed by atoms with E-state index < -0.39 is 11.7 Å². The third kappa shape index (κ3) is 5.27. The highest BCUT2D eigenvalue weighted by Crippen LogP contribution is 2.35. The van der Waals surface area contributed by atoms with Crippen LogP contribution in [-0.4, -0.2) is 19.3 Å². The van der Waals surface area contributed by atoms with Crippen molar-refractivity contribution in [3.63, 3.8) is 0 Å². The van der Waals surface area contributed by atoms with Crippen LogP contribution in [0.4, 0.5) is 19.0 Å². The third-order valence-electron chi connectivity index (χ3n) is 7.57. The lowest BCUT2D eigenvalue weighted by molar-refractivity contribution is -0.137. The average Bonchev–Trinajstić information content (AvgIpc) is 3.63. The summed E-state index contributed by atoms with van der Waals surface area (Å²) in [4.78, 5) is 5.74. The SMILES string of the molecule is CCCCc1nc2ccc(C(F)(F)F)cc2n1Cc1cn(-c2ccccc2SNc2noc(C)c2C)c2ccccc12. The van der Waals surface area contributed by atoms with Crippen LogP contribution in [0.2, 0.25) is 0 Å². The molecule has 1 N–H and O–H groups in total. The number of nitrogens with zero attached hydrogens (tertiary/aromatic N) is 4. The Bertz CT molecular complexity index is 1880. The molecule has 0 aliphatic rings. The fourth-order valence-electron chi connectivity index (χ4n) is 5.16. The largest absolute Gasteiger partial charge is 0.416 e. The number of rotatable bonds is 9. The Kier molecular flexibility index (Phi) is 7.49. The molecule has 0 unspecified atom stereocenters. The summed E-state index contributed by atoms with van der Waals surface area (Å²) in [5.41, 5.74) is 4.32. The van der Waals surface area contributed by atoms with Crippen LogP contribution in [0.5, 0.6) is 0 Å². The summed E-state index contributed by atoms with van der Waals surface area (Å²) < 4.78 is 53.7. The molecule has 0 bridgehead atoms. The number of benzene rings is 3. The van der Waals surface area contributed by atoms with Crippen molar-refractivity contribution in [2.45, 2.75) is 57.7 Å². The molecule has 6 nitrogen and oxygen atoms in total. The maximum absolute atomic E-state index is 13.7. The molecule has 6 rings (SSSR count). The second kappa shape index (κ2) is 11.2. The molecule has 0 radical (unpaired) electrons. The zero-order chi connectivity index (χ0) is 29.4. The number of halogens is 3. The molecule has 3 aromatic heterocycles. The molecule has 42 heavy (non-hydrogen) atoms. The van der Waals surface area contributed by atoms with E-state index in [1.165, 1.54) is 24.1 Å². The van der Waals surface area contributed by atoms with E-state index in [-0.39, 0.29) is 0 Å². The Hall–Kier alpha value is -4.18. The van der Waals surface area contributed by atoms with Crippen LogP contribution in [0.25, 0.3) is 27.6 Å². The minimum absolute atomic E-state index is 0.398. The predicted molar refractivity (Wildman–Crippen MR) is 161 cm³/mol. The number of para-hydroxylation sites is 2. The molecule has 3 heterocycles.